The van der Waals surface area contributed by atoms with Crippen molar-refractivity contribution in [2.75, 3.05) is 0 Å². The number of aliphatic carboxylic acids is 1. The molecule has 1 aliphatic heterocycles. The molecule has 28 heavy (non-hydrogen) atoms. The number of benzene rings is 2. The number of hydrogen-bond donors (Lipinski definition) is 1. The molecule has 3 rings (SSSR count). The summed E-state index contributed by atoms with van der Waals surface area (Å²) in [5.41, 5.74) is 1.19. The standard InChI is InChI=1S/C20H16ClNO5S/c1-12(19(24)25)27-16-9-5-3-6-13(16)10-17-18(23)22(20(26)28-17)11-14-7-2-4-8-15(14)21/h2-10,12H,11H2,1H3,(H,24,25)/b17-10+. The molecule has 2 aromatic carbocycles. The zero-order chi connectivity index (χ0) is 20.3. The van der Waals surface area contributed by atoms with Gasteiger partial charge in [0, 0.05) is 10.6 Å². The predicted molar refractivity (Wildman–Crippen MR) is 107 cm³/mol. The lowest BCUT2D eigenvalue weighted by Crippen LogP contribution is -2.27. The van der Waals surface area contributed by atoms with Crippen molar-refractivity contribution in [3.8, 4) is 5.75 Å². The number of para-hydroxylation sites is 1. The van der Waals surface area contributed by atoms with Crippen LogP contribution in [-0.2, 0) is 16.1 Å². The van der Waals surface area contributed by atoms with Crippen molar-refractivity contribution in [1.29, 1.82) is 0 Å². The number of carbonyl (C=O) groups excluding carboxylic acids is 2. The molecule has 1 heterocycles. The van der Waals surface area contributed by atoms with Gasteiger partial charge in [-0.05, 0) is 42.5 Å². The Bertz CT molecular complexity index is 975. The van der Waals surface area contributed by atoms with Crippen molar-refractivity contribution >= 4 is 46.6 Å². The highest BCUT2D eigenvalue weighted by molar-refractivity contribution is 8.18. The maximum absolute atomic E-state index is 12.7. The monoisotopic (exact) mass is 417 g/mol. The van der Waals surface area contributed by atoms with E-state index in [0.717, 1.165) is 16.7 Å². The first-order valence-corrected chi connectivity index (χ1v) is 9.53. The molecular formula is C20H16ClNO5S. The van der Waals surface area contributed by atoms with Gasteiger partial charge in [0.2, 0.25) is 0 Å². The molecule has 1 unspecified atom stereocenters. The van der Waals surface area contributed by atoms with Gasteiger partial charge in [-0.2, -0.15) is 0 Å². The molecular weight excluding hydrogens is 402 g/mol. The van der Waals surface area contributed by atoms with Gasteiger partial charge in [-0.3, -0.25) is 14.5 Å². The molecule has 144 valence electrons. The van der Waals surface area contributed by atoms with Crippen LogP contribution in [-0.4, -0.2) is 33.2 Å². The number of ether oxygens (including phenoxy) is 1. The number of nitrogens with zero attached hydrogens (tertiary/aromatic N) is 1. The van der Waals surface area contributed by atoms with Crippen LogP contribution in [0.5, 0.6) is 5.75 Å². The van der Waals surface area contributed by atoms with Crippen molar-refractivity contribution in [3.05, 3.63) is 69.6 Å². The van der Waals surface area contributed by atoms with Gasteiger partial charge in [-0.25, -0.2) is 4.79 Å². The van der Waals surface area contributed by atoms with Crippen molar-refractivity contribution in [3.63, 3.8) is 0 Å². The average Bonchev–Trinajstić information content (AvgIpc) is 2.92. The van der Waals surface area contributed by atoms with Crippen molar-refractivity contribution < 1.29 is 24.2 Å². The molecule has 0 aromatic heterocycles. The summed E-state index contributed by atoms with van der Waals surface area (Å²) in [6.07, 6.45) is 0.478. The Morgan fingerprint density at radius 3 is 2.61 bits per heavy atom. The normalized spacial score (nSPS) is 16.5. The van der Waals surface area contributed by atoms with Gasteiger partial charge in [-0.15, -0.1) is 0 Å². The molecule has 0 radical (unpaired) electrons. The van der Waals surface area contributed by atoms with E-state index in [-0.39, 0.29) is 11.4 Å². The quantitative estimate of drug-likeness (QED) is 0.700. The lowest BCUT2D eigenvalue weighted by molar-refractivity contribution is -0.144. The van der Waals surface area contributed by atoms with Crippen molar-refractivity contribution in [2.24, 2.45) is 0 Å². The third-order valence-electron chi connectivity index (χ3n) is 4.02. The van der Waals surface area contributed by atoms with Crippen LogP contribution < -0.4 is 4.74 Å². The Labute approximate surface area is 170 Å². The molecule has 2 aromatic rings. The second-order valence-electron chi connectivity index (χ2n) is 6.00. The van der Waals surface area contributed by atoms with Crippen LogP contribution in [0.25, 0.3) is 6.08 Å². The summed E-state index contributed by atoms with van der Waals surface area (Å²) < 4.78 is 5.44. The smallest absolute Gasteiger partial charge is 0.344 e. The Hall–Kier alpha value is -2.77. The molecule has 0 spiro atoms. The first-order chi connectivity index (χ1) is 13.4. The zero-order valence-corrected chi connectivity index (χ0v) is 16.4. The van der Waals surface area contributed by atoms with Gasteiger partial charge >= 0.3 is 5.97 Å². The first kappa shape index (κ1) is 20.0. The van der Waals surface area contributed by atoms with Gasteiger partial charge in [0.25, 0.3) is 11.1 Å². The fourth-order valence-electron chi connectivity index (χ4n) is 2.52. The Kier molecular flexibility index (Phi) is 6.06. The van der Waals surface area contributed by atoms with E-state index in [1.165, 1.54) is 13.0 Å². The van der Waals surface area contributed by atoms with Gasteiger partial charge in [0.05, 0.1) is 11.4 Å². The second-order valence-corrected chi connectivity index (χ2v) is 7.40. The molecule has 1 N–H and O–H groups in total. The van der Waals surface area contributed by atoms with Gasteiger partial charge in [0.1, 0.15) is 5.75 Å². The summed E-state index contributed by atoms with van der Waals surface area (Å²) in [5.74, 6) is -1.22. The van der Waals surface area contributed by atoms with E-state index in [9.17, 15) is 14.4 Å². The van der Waals surface area contributed by atoms with Crippen LogP contribution in [0, 0.1) is 0 Å². The van der Waals surface area contributed by atoms with Crippen LogP contribution >= 0.6 is 23.4 Å². The van der Waals surface area contributed by atoms with Crippen LogP contribution in [0.3, 0.4) is 0 Å². The molecule has 2 amide bonds. The SMILES string of the molecule is CC(Oc1ccccc1/C=C1/SC(=O)N(Cc2ccccc2Cl)C1=O)C(=O)O. The van der Waals surface area contributed by atoms with E-state index in [0.29, 0.717) is 21.9 Å². The predicted octanol–water partition coefficient (Wildman–Crippen LogP) is 4.43. The summed E-state index contributed by atoms with van der Waals surface area (Å²) in [7, 11) is 0. The second kappa shape index (κ2) is 8.50. The van der Waals surface area contributed by atoms with E-state index in [1.54, 1.807) is 48.5 Å². The number of carbonyl (C=O) groups is 3. The van der Waals surface area contributed by atoms with E-state index in [4.69, 9.17) is 21.4 Å². The third kappa shape index (κ3) is 4.37. The minimum absolute atomic E-state index is 0.0792. The Morgan fingerprint density at radius 2 is 1.89 bits per heavy atom. The third-order valence-corrected chi connectivity index (χ3v) is 5.29. The maximum Gasteiger partial charge on any atom is 0.344 e. The molecule has 0 aliphatic carbocycles. The summed E-state index contributed by atoms with van der Waals surface area (Å²) in [5, 5.41) is 9.12. The number of hydrogen-bond acceptors (Lipinski definition) is 5. The first-order valence-electron chi connectivity index (χ1n) is 8.34. The molecule has 0 bridgehead atoms. The lowest BCUT2D eigenvalue weighted by atomic mass is 10.1. The summed E-state index contributed by atoms with van der Waals surface area (Å²) in [6, 6.07) is 13.7. The molecule has 1 atom stereocenters. The largest absolute Gasteiger partial charge is 0.479 e. The Balaban J connectivity index is 1.84. The number of carboxylic acids is 1. The minimum atomic E-state index is -1.10. The number of amides is 2. The maximum atomic E-state index is 12.7. The van der Waals surface area contributed by atoms with Gasteiger partial charge in [-0.1, -0.05) is 48.0 Å². The molecule has 8 heteroatoms. The fraction of sp³-hybridized carbons (Fsp3) is 0.150. The van der Waals surface area contributed by atoms with Crippen LogP contribution in [0.4, 0.5) is 4.79 Å². The molecule has 1 aliphatic rings. The fourth-order valence-corrected chi connectivity index (χ4v) is 3.55. The van der Waals surface area contributed by atoms with E-state index in [2.05, 4.69) is 0 Å². The van der Waals surface area contributed by atoms with Gasteiger partial charge < -0.3 is 9.84 Å². The van der Waals surface area contributed by atoms with E-state index < -0.39 is 23.2 Å². The number of rotatable bonds is 6. The summed E-state index contributed by atoms with van der Waals surface area (Å²) in [6.45, 7) is 1.49. The molecule has 1 saturated heterocycles. The lowest BCUT2D eigenvalue weighted by Gasteiger charge is -2.14. The molecule has 1 fully saturated rings. The number of imide groups is 1. The van der Waals surface area contributed by atoms with Crippen molar-refractivity contribution in [1.82, 2.24) is 4.90 Å². The van der Waals surface area contributed by atoms with Crippen LogP contribution in [0.2, 0.25) is 5.02 Å². The highest BCUT2D eigenvalue weighted by atomic mass is 35.5. The van der Waals surface area contributed by atoms with Crippen molar-refractivity contribution in [2.45, 2.75) is 19.6 Å². The van der Waals surface area contributed by atoms with E-state index >= 15 is 0 Å². The highest BCUT2D eigenvalue weighted by Crippen LogP contribution is 2.35. The van der Waals surface area contributed by atoms with Gasteiger partial charge in [0.15, 0.2) is 6.10 Å². The van der Waals surface area contributed by atoms with E-state index in [1.807, 2.05) is 0 Å². The zero-order valence-electron chi connectivity index (χ0n) is 14.8. The number of halogens is 1. The topological polar surface area (TPSA) is 83.9 Å². The molecule has 6 nitrogen and oxygen atoms in total. The Morgan fingerprint density at radius 1 is 1.21 bits per heavy atom. The number of carboxylic acid groups (broad SMARTS) is 1. The minimum Gasteiger partial charge on any atom is -0.479 e. The van der Waals surface area contributed by atoms with Crippen LogP contribution in [0.15, 0.2) is 53.4 Å². The van der Waals surface area contributed by atoms with Crippen LogP contribution in [0.1, 0.15) is 18.1 Å². The average molecular weight is 418 g/mol. The highest BCUT2D eigenvalue weighted by Gasteiger charge is 2.35. The summed E-state index contributed by atoms with van der Waals surface area (Å²) in [4.78, 5) is 37.4. The molecule has 0 saturated carbocycles. The summed E-state index contributed by atoms with van der Waals surface area (Å²) >= 11 is 6.94. The number of thioether (sulfide) groups is 1.